The van der Waals surface area contributed by atoms with Crippen molar-refractivity contribution in [2.45, 2.75) is 20.4 Å². The molecule has 1 N–H and O–H groups in total. The molecule has 0 aliphatic rings. The molecule has 0 unspecified atom stereocenters. The second kappa shape index (κ2) is 7.91. The van der Waals surface area contributed by atoms with Crippen molar-refractivity contribution in [1.29, 1.82) is 0 Å². The van der Waals surface area contributed by atoms with Crippen LogP contribution in [0.1, 0.15) is 16.7 Å². The van der Waals surface area contributed by atoms with Crippen LogP contribution in [0.5, 0.6) is 5.75 Å². The van der Waals surface area contributed by atoms with Crippen molar-refractivity contribution in [1.82, 2.24) is 4.57 Å². The number of aliphatic hydroxyl groups is 1. The van der Waals surface area contributed by atoms with Crippen molar-refractivity contribution >= 4 is 10.9 Å². The van der Waals surface area contributed by atoms with Gasteiger partial charge in [0.1, 0.15) is 12.4 Å². The van der Waals surface area contributed by atoms with Crippen LogP contribution in [0, 0.1) is 13.8 Å². The number of aryl methyl sites for hydroxylation is 2. The number of benzene rings is 3. The van der Waals surface area contributed by atoms with Gasteiger partial charge in [0.2, 0.25) is 0 Å². The molecule has 0 radical (unpaired) electrons. The fraction of sp³-hybridized carbons (Fsp3) is 0.200. The molecule has 3 nitrogen and oxygen atoms in total. The maximum Gasteiger partial charge on any atom is 0.119 e. The lowest BCUT2D eigenvalue weighted by atomic mass is 10.1. The zero-order chi connectivity index (χ0) is 19.5. The van der Waals surface area contributed by atoms with E-state index in [1.165, 1.54) is 38.9 Å². The number of aliphatic hydroxyl groups excluding tert-OH is 1. The van der Waals surface area contributed by atoms with Gasteiger partial charge < -0.3 is 14.4 Å². The van der Waals surface area contributed by atoms with Gasteiger partial charge in [0.05, 0.1) is 12.3 Å². The van der Waals surface area contributed by atoms with E-state index in [1.807, 2.05) is 12.1 Å². The molecule has 1 heterocycles. The molecule has 0 amide bonds. The van der Waals surface area contributed by atoms with E-state index in [4.69, 9.17) is 9.84 Å². The molecule has 28 heavy (non-hydrogen) atoms. The first-order chi connectivity index (χ1) is 13.7. The topological polar surface area (TPSA) is 34.4 Å². The smallest absolute Gasteiger partial charge is 0.119 e. The lowest BCUT2D eigenvalue weighted by Gasteiger charge is -2.13. The Bertz CT molecular complexity index is 1080. The summed E-state index contributed by atoms with van der Waals surface area (Å²) in [5.74, 6) is 0.783. The van der Waals surface area contributed by atoms with E-state index in [0.717, 1.165) is 12.3 Å². The highest BCUT2D eigenvalue weighted by Gasteiger charge is 2.16. The lowest BCUT2D eigenvalue weighted by molar-refractivity contribution is 0.201. The first kappa shape index (κ1) is 18.3. The Kier molecular flexibility index (Phi) is 5.18. The van der Waals surface area contributed by atoms with Crippen LogP contribution < -0.4 is 4.74 Å². The minimum atomic E-state index is 0.0240. The van der Waals surface area contributed by atoms with Crippen LogP contribution >= 0.6 is 0 Å². The summed E-state index contributed by atoms with van der Waals surface area (Å²) in [4.78, 5) is 0. The average Bonchev–Trinajstić information content (AvgIpc) is 2.99. The van der Waals surface area contributed by atoms with Gasteiger partial charge in [-0.25, -0.2) is 0 Å². The Labute approximate surface area is 165 Å². The zero-order valence-corrected chi connectivity index (χ0v) is 16.4. The maximum atomic E-state index is 8.91. The molecular weight excluding hydrogens is 346 g/mol. The van der Waals surface area contributed by atoms with Crippen molar-refractivity contribution < 1.29 is 9.84 Å². The molecule has 0 aliphatic carbocycles. The van der Waals surface area contributed by atoms with Gasteiger partial charge in [0.15, 0.2) is 0 Å². The number of fused-ring (bicyclic) bond motifs is 1. The number of ether oxygens (including phenoxy) is 1. The Hall–Kier alpha value is -3.04. The highest BCUT2D eigenvalue weighted by molar-refractivity contribution is 5.92. The summed E-state index contributed by atoms with van der Waals surface area (Å²) in [5, 5.41) is 10.2. The minimum Gasteiger partial charge on any atom is -0.491 e. The second-order valence-electron chi connectivity index (χ2n) is 7.16. The van der Waals surface area contributed by atoms with Crippen LogP contribution in [0.3, 0.4) is 0 Å². The SMILES string of the molecule is Cc1ccc2c(c1)c(C)c(-c1ccccc1)n2Cc1ccc(OCCO)cc1. The average molecular weight is 371 g/mol. The number of hydrogen-bond acceptors (Lipinski definition) is 2. The third-order valence-electron chi connectivity index (χ3n) is 5.14. The normalized spacial score (nSPS) is 11.1. The van der Waals surface area contributed by atoms with E-state index < -0.39 is 0 Å². The number of rotatable bonds is 6. The van der Waals surface area contributed by atoms with E-state index in [2.05, 4.69) is 79.1 Å². The summed E-state index contributed by atoms with van der Waals surface area (Å²) in [5.41, 5.74) is 7.55. The van der Waals surface area contributed by atoms with Crippen molar-refractivity contribution in [3.05, 3.63) is 89.5 Å². The Balaban J connectivity index is 1.79. The minimum absolute atomic E-state index is 0.0240. The molecule has 4 rings (SSSR count). The van der Waals surface area contributed by atoms with Crippen LogP contribution in [-0.2, 0) is 6.54 Å². The van der Waals surface area contributed by atoms with Crippen LogP contribution in [0.2, 0.25) is 0 Å². The van der Waals surface area contributed by atoms with Crippen LogP contribution in [0.15, 0.2) is 72.8 Å². The van der Waals surface area contributed by atoms with E-state index in [1.54, 1.807) is 0 Å². The molecule has 0 spiro atoms. The number of aromatic nitrogens is 1. The third kappa shape index (κ3) is 3.54. The summed E-state index contributed by atoms with van der Waals surface area (Å²) in [7, 11) is 0. The summed E-state index contributed by atoms with van der Waals surface area (Å²) in [6.45, 7) is 5.49. The molecule has 1 aromatic heterocycles. The largest absolute Gasteiger partial charge is 0.491 e. The summed E-state index contributed by atoms with van der Waals surface area (Å²) >= 11 is 0. The molecule has 0 atom stereocenters. The number of hydrogen-bond donors (Lipinski definition) is 1. The molecule has 0 saturated carbocycles. The Morgan fingerprint density at radius 2 is 1.64 bits per heavy atom. The van der Waals surface area contributed by atoms with Gasteiger partial charge in [0.25, 0.3) is 0 Å². The molecule has 0 aliphatic heterocycles. The molecule has 0 fully saturated rings. The van der Waals surface area contributed by atoms with Crippen LogP contribution in [-0.4, -0.2) is 22.9 Å². The monoisotopic (exact) mass is 371 g/mol. The molecule has 4 aromatic rings. The van der Waals surface area contributed by atoms with Gasteiger partial charge in [-0.3, -0.25) is 0 Å². The molecule has 0 saturated heterocycles. The van der Waals surface area contributed by atoms with Crippen LogP contribution in [0.4, 0.5) is 0 Å². The maximum absolute atomic E-state index is 8.91. The first-order valence-corrected chi connectivity index (χ1v) is 9.65. The predicted molar refractivity (Wildman–Crippen MR) is 115 cm³/mol. The standard InChI is InChI=1S/C25H25NO2/c1-18-8-13-24-23(16-18)19(2)25(21-6-4-3-5-7-21)26(24)17-20-9-11-22(12-10-20)28-15-14-27/h3-13,16,27H,14-15,17H2,1-2H3. The van der Waals surface area contributed by atoms with Gasteiger partial charge in [-0.1, -0.05) is 54.1 Å². The second-order valence-corrected chi connectivity index (χ2v) is 7.16. The summed E-state index contributed by atoms with van der Waals surface area (Å²) < 4.78 is 7.89. The van der Waals surface area contributed by atoms with Crippen molar-refractivity contribution in [3.8, 4) is 17.0 Å². The molecule has 3 aromatic carbocycles. The highest BCUT2D eigenvalue weighted by atomic mass is 16.5. The van der Waals surface area contributed by atoms with Crippen LogP contribution in [0.25, 0.3) is 22.2 Å². The van der Waals surface area contributed by atoms with E-state index in [9.17, 15) is 0 Å². The summed E-state index contributed by atoms with van der Waals surface area (Å²) in [6, 6.07) is 25.4. The van der Waals surface area contributed by atoms with Gasteiger partial charge >= 0.3 is 0 Å². The molecule has 0 bridgehead atoms. The van der Waals surface area contributed by atoms with Gasteiger partial charge in [-0.05, 0) is 54.8 Å². The summed E-state index contributed by atoms with van der Waals surface area (Å²) in [6.07, 6.45) is 0. The Morgan fingerprint density at radius 3 is 2.36 bits per heavy atom. The van der Waals surface area contributed by atoms with Crippen molar-refractivity contribution in [2.75, 3.05) is 13.2 Å². The fourth-order valence-corrected chi connectivity index (χ4v) is 3.81. The van der Waals surface area contributed by atoms with Gasteiger partial charge in [-0.15, -0.1) is 0 Å². The van der Waals surface area contributed by atoms with Gasteiger partial charge in [0, 0.05) is 17.4 Å². The van der Waals surface area contributed by atoms with Crippen molar-refractivity contribution in [3.63, 3.8) is 0 Å². The van der Waals surface area contributed by atoms with E-state index >= 15 is 0 Å². The number of nitrogens with zero attached hydrogens (tertiary/aromatic N) is 1. The molecular formula is C25H25NO2. The third-order valence-corrected chi connectivity index (χ3v) is 5.14. The van der Waals surface area contributed by atoms with E-state index in [0.29, 0.717) is 6.61 Å². The predicted octanol–water partition coefficient (Wildman–Crippen LogP) is 5.34. The highest BCUT2D eigenvalue weighted by Crippen LogP contribution is 2.34. The quantitative estimate of drug-likeness (QED) is 0.496. The molecule has 142 valence electrons. The Morgan fingerprint density at radius 1 is 0.893 bits per heavy atom. The zero-order valence-electron chi connectivity index (χ0n) is 16.4. The first-order valence-electron chi connectivity index (χ1n) is 9.65. The fourth-order valence-electron chi connectivity index (χ4n) is 3.81. The van der Waals surface area contributed by atoms with Crippen molar-refractivity contribution in [2.24, 2.45) is 0 Å². The van der Waals surface area contributed by atoms with Gasteiger partial charge in [-0.2, -0.15) is 0 Å². The van der Waals surface area contributed by atoms with E-state index in [-0.39, 0.29) is 6.61 Å². The molecule has 3 heteroatoms. The lowest BCUT2D eigenvalue weighted by Crippen LogP contribution is -2.03.